The average Bonchev–Trinajstić information content (AvgIpc) is 2.83. The Labute approximate surface area is 115 Å². The highest BCUT2D eigenvalue weighted by atomic mass is 16.3. The molecule has 0 radical (unpaired) electrons. The first-order valence-electron chi connectivity index (χ1n) is 7.31. The Balaban J connectivity index is 2.05. The molecule has 0 aliphatic carbocycles. The van der Waals surface area contributed by atoms with Crippen molar-refractivity contribution in [3.8, 4) is 0 Å². The second-order valence-corrected chi connectivity index (χ2v) is 5.61. The summed E-state index contributed by atoms with van der Waals surface area (Å²) < 4.78 is 0. The van der Waals surface area contributed by atoms with E-state index in [1.165, 1.54) is 0 Å². The van der Waals surface area contributed by atoms with Crippen LogP contribution >= 0.6 is 0 Å². The summed E-state index contributed by atoms with van der Waals surface area (Å²) in [6.45, 7) is 3.94. The van der Waals surface area contributed by atoms with Gasteiger partial charge in [0.25, 0.3) is 0 Å². The Morgan fingerprint density at radius 1 is 1.32 bits per heavy atom. The first-order chi connectivity index (χ1) is 9.22. The lowest BCUT2D eigenvalue weighted by molar-refractivity contribution is 0.0196. The molecule has 1 fully saturated rings. The van der Waals surface area contributed by atoms with Gasteiger partial charge < -0.3 is 10.2 Å². The van der Waals surface area contributed by atoms with E-state index >= 15 is 0 Å². The van der Waals surface area contributed by atoms with Crippen LogP contribution in [0.4, 0.5) is 0 Å². The van der Waals surface area contributed by atoms with Crippen LogP contribution in [0.3, 0.4) is 0 Å². The molecule has 1 aromatic carbocycles. The summed E-state index contributed by atoms with van der Waals surface area (Å²) in [4.78, 5) is 2.29. The second kappa shape index (κ2) is 6.51. The number of likely N-dealkylation sites (tertiary alicyclic amines) is 1. The molecule has 0 saturated carbocycles. The summed E-state index contributed by atoms with van der Waals surface area (Å²) in [5, 5.41) is 20.1. The highest BCUT2D eigenvalue weighted by Crippen LogP contribution is 2.34. The van der Waals surface area contributed by atoms with Crippen molar-refractivity contribution in [2.75, 3.05) is 19.7 Å². The van der Waals surface area contributed by atoms with Crippen LogP contribution in [0.1, 0.15) is 44.3 Å². The highest BCUT2D eigenvalue weighted by Gasteiger charge is 2.40. The number of nitrogens with zero attached hydrogens (tertiary/aromatic N) is 1. The third-order valence-electron chi connectivity index (χ3n) is 4.33. The summed E-state index contributed by atoms with van der Waals surface area (Å²) in [5.41, 5.74) is 0.850. The maximum Gasteiger partial charge on any atom is 0.0917 e. The van der Waals surface area contributed by atoms with Crippen molar-refractivity contribution in [2.24, 2.45) is 0 Å². The van der Waals surface area contributed by atoms with E-state index in [0.29, 0.717) is 6.54 Å². The number of β-amino-alcohol motifs (C(OH)–C–C–N with tert-alkyl or cyclic N) is 1. The fourth-order valence-corrected chi connectivity index (χ4v) is 3.28. The van der Waals surface area contributed by atoms with E-state index in [9.17, 15) is 10.2 Å². The van der Waals surface area contributed by atoms with Crippen LogP contribution in [-0.4, -0.2) is 40.3 Å². The van der Waals surface area contributed by atoms with E-state index in [1.807, 2.05) is 30.3 Å². The first-order valence-corrected chi connectivity index (χ1v) is 7.31. The van der Waals surface area contributed by atoms with Gasteiger partial charge in [0.1, 0.15) is 0 Å². The predicted molar refractivity (Wildman–Crippen MR) is 76.9 cm³/mol. The Morgan fingerprint density at radius 2 is 2.05 bits per heavy atom. The molecule has 1 aliphatic rings. The topological polar surface area (TPSA) is 43.7 Å². The minimum atomic E-state index is -0.470. The zero-order valence-electron chi connectivity index (χ0n) is 11.8. The van der Waals surface area contributed by atoms with E-state index < -0.39 is 6.10 Å². The van der Waals surface area contributed by atoms with Gasteiger partial charge in [0.2, 0.25) is 0 Å². The lowest BCUT2D eigenvalue weighted by Crippen LogP contribution is -2.48. The summed E-state index contributed by atoms with van der Waals surface area (Å²) >= 11 is 0. The monoisotopic (exact) mass is 263 g/mol. The second-order valence-electron chi connectivity index (χ2n) is 5.61. The Hall–Kier alpha value is -0.900. The third-order valence-corrected chi connectivity index (χ3v) is 4.33. The zero-order chi connectivity index (χ0) is 13.7. The van der Waals surface area contributed by atoms with Crippen molar-refractivity contribution in [1.82, 2.24) is 4.90 Å². The van der Waals surface area contributed by atoms with Gasteiger partial charge in [-0.05, 0) is 31.4 Å². The van der Waals surface area contributed by atoms with E-state index in [2.05, 4.69) is 11.8 Å². The smallest absolute Gasteiger partial charge is 0.0917 e. The van der Waals surface area contributed by atoms with Gasteiger partial charge >= 0.3 is 0 Å². The van der Waals surface area contributed by atoms with Gasteiger partial charge in [0, 0.05) is 12.1 Å². The maximum atomic E-state index is 10.4. The molecule has 0 amide bonds. The van der Waals surface area contributed by atoms with Gasteiger partial charge in [0.15, 0.2) is 0 Å². The SMILES string of the molecule is CCCC1(CO)CCCN1C[C@@H](O)c1ccccc1. The molecule has 1 saturated heterocycles. The molecule has 0 aromatic heterocycles. The van der Waals surface area contributed by atoms with Crippen molar-refractivity contribution >= 4 is 0 Å². The minimum Gasteiger partial charge on any atom is -0.394 e. The minimum absolute atomic E-state index is 0.107. The van der Waals surface area contributed by atoms with Crippen molar-refractivity contribution in [2.45, 2.75) is 44.2 Å². The van der Waals surface area contributed by atoms with Crippen LogP contribution in [0.2, 0.25) is 0 Å². The van der Waals surface area contributed by atoms with E-state index in [0.717, 1.165) is 37.8 Å². The van der Waals surface area contributed by atoms with Crippen molar-refractivity contribution in [1.29, 1.82) is 0 Å². The maximum absolute atomic E-state index is 10.4. The Bertz CT molecular complexity index is 382. The molecule has 2 atom stereocenters. The van der Waals surface area contributed by atoms with Gasteiger partial charge in [-0.3, -0.25) is 4.90 Å². The van der Waals surface area contributed by atoms with Crippen LogP contribution in [0.25, 0.3) is 0 Å². The van der Waals surface area contributed by atoms with Crippen molar-refractivity contribution in [3.63, 3.8) is 0 Å². The third kappa shape index (κ3) is 3.16. The van der Waals surface area contributed by atoms with Crippen molar-refractivity contribution < 1.29 is 10.2 Å². The molecule has 1 aliphatic heterocycles. The van der Waals surface area contributed by atoms with Crippen LogP contribution < -0.4 is 0 Å². The summed E-state index contributed by atoms with van der Waals surface area (Å²) in [6.07, 6.45) is 3.76. The van der Waals surface area contributed by atoms with E-state index in [-0.39, 0.29) is 12.1 Å². The fraction of sp³-hybridized carbons (Fsp3) is 0.625. The molecule has 3 heteroatoms. The molecule has 106 valence electrons. The molecule has 0 bridgehead atoms. The molecule has 2 rings (SSSR count). The van der Waals surface area contributed by atoms with Crippen LogP contribution in [0.15, 0.2) is 30.3 Å². The number of benzene rings is 1. The first kappa shape index (κ1) is 14.5. The number of aliphatic hydroxyl groups excluding tert-OH is 2. The Morgan fingerprint density at radius 3 is 2.68 bits per heavy atom. The fourth-order valence-electron chi connectivity index (χ4n) is 3.28. The predicted octanol–water partition coefficient (Wildman–Crippen LogP) is 2.35. The average molecular weight is 263 g/mol. The molecule has 3 nitrogen and oxygen atoms in total. The largest absolute Gasteiger partial charge is 0.394 e. The van der Waals surface area contributed by atoms with Crippen LogP contribution in [0, 0.1) is 0 Å². The molecule has 1 heterocycles. The summed E-state index contributed by atoms with van der Waals surface area (Å²) in [6, 6.07) is 9.78. The molecule has 1 unspecified atom stereocenters. The van der Waals surface area contributed by atoms with Gasteiger partial charge in [-0.25, -0.2) is 0 Å². The standard InChI is InChI=1S/C16H25NO2/c1-2-9-16(13-18)10-6-11-17(16)12-15(19)14-7-4-3-5-8-14/h3-5,7-8,15,18-19H,2,6,9-13H2,1H3/t15-,16?/m1/s1. The normalized spacial score (nSPS) is 25.6. The molecule has 2 N–H and O–H groups in total. The van der Waals surface area contributed by atoms with Gasteiger partial charge in [-0.15, -0.1) is 0 Å². The number of aliphatic hydroxyl groups is 2. The van der Waals surface area contributed by atoms with Gasteiger partial charge in [-0.2, -0.15) is 0 Å². The Kier molecular flexibility index (Phi) is 4.97. The molecule has 0 spiro atoms. The van der Waals surface area contributed by atoms with E-state index in [1.54, 1.807) is 0 Å². The van der Waals surface area contributed by atoms with Crippen molar-refractivity contribution in [3.05, 3.63) is 35.9 Å². The quantitative estimate of drug-likeness (QED) is 0.828. The molecular weight excluding hydrogens is 238 g/mol. The number of rotatable bonds is 6. The molecular formula is C16H25NO2. The van der Waals surface area contributed by atoms with Crippen LogP contribution in [0.5, 0.6) is 0 Å². The summed E-state index contributed by atoms with van der Waals surface area (Å²) in [7, 11) is 0. The van der Waals surface area contributed by atoms with Crippen LogP contribution in [-0.2, 0) is 0 Å². The number of hydrogen-bond acceptors (Lipinski definition) is 3. The highest BCUT2D eigenvalue weighted by molar-refractivity contribution is 5.18. The lowest BCUT2D eigenvalue weighted by Gasteiger charge is -2.38. The molecule has 1 aromatic rings. The summed E-state index contributed by atoms with van der Waals surface area (Å²) in [5.74, 6) is 0. The number of hydrogen-bond donors (Lipinski definition) is 2. The lowest BCUT2D eigenvalue weighted by atomic mass is 9.91. The zero-order valence-corrected chi connectivity index (χ0v) is 11.8. The van der Waals surface area contributed by atoms with Gasteiger partial charge in [0.05, 0.1) is 12.7 Å². The van der Waals surface area contributed by atoms with Gasteiger partial charge in [-0.1, -0.05) is 43.7 Å². The molecule has 19 heavy (non-hydrogen) atoms. The van der Waals surface area contributed by atoms with E-state index in [4.69, 9.17) is 0 Å².